The molecule has 1 amide bonds. The first kappa shape index (κ1) is 27.4. The topological polar surface area (TPSA) is 124 Å². The molecule has 2 aromatic carbocycles. The highest BCUT2D eigenvalue weighted by Crippen LogP contribution is 2.47. The van der Waals surface area contributed by atoms with Crippen molar-refractivity contribution < 1.29 is 38.4 Å². The number of benzene rings is 2. The number of amides is 1. The van der Waals surface area contributed by atoms with Crippen molar-refractivity contribution in [2.24, 2.45) is 0 Å². The van der Waals surface area contributed by atoms with Crippen molar-refractivity contribution in [1.82, 2.24) is 4.98 Å². The number of ketones is 1. The van der Waals surface area contributed by atoms with Crippen LogP contribution in [0.5, 0.6) is 17.2 Å². The first-order chi connectivity index (χ1) is 18.7. The van der Waals surface area contributed by atoms with Crippen LogP contribution in [0.1, 0.15) is 32.5 Å². The fourth-order valence-electron chi connectivity index (χ4n) is 4.16. The normalized spacial score (nSPS) is 16.2. The second-order valence-corrected chi connectivity index (χ2v) is 9.28. The Morgan fingerprint density at radius 2 is 1.79 bits per heavy atom. The first-order valence-electron chi connectivity index (χ1n) is 11.7. The van der Waals surface area contributed by atoms with E-state index in [0.29, 0.717) is 35.1 Å². The van der Waals surface area contributed by atoms with Crippen LogP contribution >= 0.6 is 11.3 Å². The van der Waals surface area contributed by atoms with Crippen LogP contribution in [0.2, 0.25) is 0 Å². The molecule has 10 nitrogen and oxygen atoms in total. The van der Waals surface area contributed by atoms with E-state index in [-0.39, 0.29) is 21.1 Å². The highest BCUT2D eigenvalue weighted by molar-refractivity contribution is 7.17. The SMILES string of the molecule is C=CCOc1ccc(/C(O)=C2\C(=O)C(=O)N(c3nc(C)c(C(=O)OC)s3)C2c2cc(OC)ccc2OC)cc1. The Morgan fingerprint density at radius 3 is 2.41 bits per heavy atom. The molecule has 1 N–H and O–H groups in total. The summed E-state index contributed by atoms with van der Waals surface area (Å²) in [6.45, 7) is 5.51. The van der Waals surface area contributed by atoms with Gasteiger partial charge >= 0.3 is 11.9 Å². The van der Waals surface area contributed by atoms with E-state index < -0.39 is 29.5 Å². The van der Waals surface area contributed by atoms with Gasteiger partial charge in [-0.05, 0) is 49.4 Å². The number of carbonyl (C=O) groups is 3. The van der Waals surface area contributed by atoms with Gasteiger partial charge in [0, 0.05) is 11.1 Å². The van der Waals surface area contributed by atoms with Crippen LogP contribution < -0.4 is 19.1 Å². The van der Waals surface area contributed by atoms with E-state index in [1.54, 1.807) is 55.5 Å². The Balaban J connectivity index is 1.94. The molecule has 0 bridgehead atoms. The fraction of sp³-hybridized carbons (Fsp3) is 0.214. The van der Waals surface area contributed by atoms with Crippen molar-refractivity contribution in [3.8, 4) is 17.2 Å². The van der Waals surface area contributed by atoms with Gasteiger partial charge in [0.05, 0.1) is 32.6 Å². The Morgan fingerprint density at radius 1 is 1.10 bits per heavy atom. The molecule has 1 atom stereocenters. The summed E-state index contributed by atoms with van der Waals surface area (Å²) in [6.07, 6.45) is 1.60. The Labute approximate surface area is 228 Å². The minimum Gasteiger partial charge on any atom is -0.507 e. The summed E-state index contributed by atoms with van der Waals surface area (Å²) in [7, 11) is 4.16. The van der Waals surface area contributed by atoms with Crippen LogP contribution in [0, 0.1) is 6.92 Å². The molecular formula is C28H26N2O8S. The fourth-order valence-corrected chi connectivity index (χ4v) is 5.18. The molecular weight excluding hydrogens is 524 g/mol. The molecule has 0 aliphatic carbocycles. The Hall–Kier alpha value is -4.64. The second-order valence-electron chi connectivity index (χ2n) is 8.30. The average Bonchev–Trinajstić information content (AvgIpc) is 3.46. The Bertz CT molecular complexity index is 1480. The molecule has 2 heterocycles. The number of aliphatic hydroxyl groups excluding tert-OH is 1. The summed E-state index contributed by atoms with van der Waals surface area (Å²) in [5.41, 5.74) is 0.807. The van der Waals surface area contributed by atoms with Gasteiger partial charge in [0.15, 0.2) is 5.13 Å². The van der Waals surface area contributed by atoms with E-state index in [2.05, 4.69) is 11.6 Å². The maximum Gasteiger partial charge on any atom is 0.350 e. The number of aryl methyl sites for hydroxylation is 1. The second kappa shape index (κ2) is 11.4. The number of ether oxygens (including phenoxy) is 4. The highest BCUT2D eigenvalue weighted by atomic mass is 32.1. The average molecular weight is 551 g/mol. The van der Waals surface area contributed by atoms with Gasteiger partial charge in [-0.15, -0.1) is 0 Å². The summed E-state index contributed by atoms with van der Waals surface area (Å²) >= 11 is 0.902. The van der Waals surface area contributed by atoms with Crippen LogP contribution in [0.25, 0.3) is 5.76 Å². The van der Waals surface area contributed by atoms with Crippen molar-refractivity contribution in [2.75, 3.05) is 32.8 Å². The molecule has 1 saturated heterocycles. The van der Waals surface area contributed by atoms with Gasteiger partial charge in [-0.25, -0.2) is 9.78 Å². The van der Waals surface area contributed by atoms with Gasteiger partial charge in [-0.1, -0.05) is 24.0 Å². The summed E-state index contributed by atoms with van der Waals surface area (Å²) in [5.74, 6) is -1.57. The third-order valence-corrected chi connectivity index (χ3v) is 7.17. The lowest BCUT2D eigenvalue weighted by Crippen LogP contribution is -2.29. The van der Waals surface area contributed by atoms with E-state index in [9.17, 15) is 19.5 Å². The number of Topliss-reactive ketones (excluding diaryl/α,β-unsaturated/α-hetero) is 1. The zero-order valence-electron chi connectivity index (χ0n) is 21.7. The third kappa shape index (κ3) is 5.08. The minimum atomic E-state index is -1.15. The Kier molecular flexibility index (Phi) is 8.01. The molecule has 4 rings (SSSR count). The standard InChI is InChI=1S/C28H26N2O8S/c1-6-13-38-17-9-7-16(8-10-17)23(31)21-22(19-14-18(35-3)11-12-20(19)36-4)30(26(33)24(21)32)28-29-15(2)25(39-28)27(34)37-5/h6-12,14,22,31H,1,13H2,2-5H3/b23-21+. The maximum absolute atomic E-state index is 13.5. The van der Waals surface area contributed by atoms with E-state index in [0.717, 1.165) is 16.2 Å². The summed E-state index contributed by atoms with van der Waals surface area (Å²) in [6, 6.07) is 10.2. The number of aromatic nitrogens is 1. The minimum absolute atomic E-state index is 0.0806. The molecule has 1 unspecified atom stereocenters. The van der Waals surface area contributed by atoms with Crippen molar-refractivity contribution in [1.29, 1.82) is 0 Å². The quantitative estimate of drug-likeness (QED) is 0.135. The number of esters is 1. The number of methoxy groups -OCH3 is 3. The first-order valence-corrected chi connectivity index (χ1v) is 12.5. The maximum atomic E-state index is 13.5. The van der Waals surface area contributed by atoms with Gasteiger partial charge in [-0.2, -0.15) is 0 Å². The van der Waals surface area contributed by atoms with E-state index >= 15 is 0 Å². The van der Waals surface area contributed by atoms with Gasteiger partial charge in [-0.3, -0.25) is 14.5 Å². The van der Waals surface area contributed by atoms with Gasteiger partial charge in [0.2, 0.25) is 0 Å². The van der Waals surface area contributed by atoms with Crippen molar-refractivity contribution in [3.05, 3.63) is 82.4 Å². The number of anilines is 1. The van der Waals surface area contributed by atoms with Gasteiger partial charge in [0.25, 0.3) is 5.78 Å². The van der Waals surface area contributed by atoms with E-state index in [1.807, 2.05) is 0 Å². The zero-order valence-corrected chi connectivity index (χ0v) is 22.5. The molecule has 39 heavy (non-hydrogen) atoms. The van der Waals surface area contributed by atoms with Crippen LogP contribution in [-0.2, 0) is 14.3 Å². The molecule has 1 aliphatic heterocycles. The van der Waals surface area contributed by atoms with Crippen LogP contribution in [0.15, 0.2) is 60.7 Å². The van der Waals surface area contributed by atoms with E-state index in [4.69, 9.17) is 18.9 Å². The lowest BCUT2D eigenvalue weighted by Gasteiger charge is -2.25. The number of aliphatic hydroxyl groups is 1. The number of nitrogens with zero attached hydrogens (tertiary/aromatic N) is 2. The smallest absolute Gasteiger partial charge is 0.350 e. The molecule has 0 radical (unpaired) electrons. The molecule has 1 aromatic heterocycles. The van der Waals surface area contributed by atoms with Crippen LogP contribution in [0.4, 0.5) is 5.13 Å². The van der Waals surface area contributed by atoms with Crippen molar-refractivity contribution >= 4 is 39.9 Å². The molecule has 202 valence electrons. The third-order valence-electron chi connectivity index (χ3n) is 6.03. The van der Waals surface area contributed by atoms with Crippen LogP contribution in [-0.4, -0.2) is 55.7 Å². The number of hydrogen-bond acceptors (Lipinski definition) is 10. The molecule has 11 heteroatoms. The van der Waals surface area contributed by atoms with Crippen molar-refractivity contribution in [3.63, 3.8) is 0 Å². The highest BCUT2D eigenvalue weighted by Gasteiger charge is 2.49. The lowest BCUT2D eigenvalue weighted by atomic mass is 9.94. The molecule has 3 aromatic rings. The van der Waals surface area contributed by atoms with E-state index in [1.165, 1.54) is 21.3 Å². The monoisotopic (exact) mass is 550 g/mol. The van der Waals surface area contributed by atoms with Gasteiger partial charge < -0.3 is 24.1 Å². The zero-order chi connectivity index (χ0) is 28.3. The number of rotatable bonds is 9. The summed E-state index contributed by atoms with van der Waals surface area (Å²) < 4.78 is 21.3. The summed E-state index contributed by atoms with van der Waals surface area (Å²) in [5, 5.41) is 11.5. The summed E-state index contributed by atoms with van der Waals surface area (Å²) in [4.78, 5) is 45.0. The lowest BCUT2D eigenvalue weighted by molar-refractivity contribution is -0.132. The molecule has 0 saturated carbocycles. The molecule has 1 fully saturated rings. The molecule has 0 spiro atoms. The largest absolute Gasteiger partial charge is 0.507 e. The number of carbonyl (C=O) groups excluding carboxylic acids is 3. The number of hydrogen-bond donors (Lipinski definition) is 1. The van der Waals surface area contributed by atoms with Crippen molar-refractivity contribution in [2.45, 2.75) is 13.0 Å². The number of thiazole rings is 1. The predicted octanol–water partition coefficient (Wildman–Crippen LogP) is 4.45. The molecule has 1 aliphatic rings. The van der Waals surface area contributed by atoms with Crippen LogP contribution in [0.3, 0.4) is 0 Å². The van der Waals surface area contributed by atoms with Gasteiger partial charge in [0.1, 0.15) is 40.5 Å². The predicted molar refractivity (Wildman–Crippen MR) is 145 cm³/mol.